The maximum atomic E-state index is 11.0. The van der Waals surface area contributed by atoms with E-state index >= 15 is 0 Å². The van der Waals surface area contributed by atoms with Crippen molar-refractivity contribution in [3.05, 3.63) is 27.1 Å². The second-order valence-electron chi connectivity index (χ2n) is 6.02. The molecule has 0 bridgehead atoms. The van der Waals surface area contributed by atoms with Crippen molar-refractivity contribution in [3.8, 4) is 0 Å². The SMILES string of the molecule is CNCC1CCCCN(C(C)C)C1c1ccc([N+](=O)[O-])s1. The fraction of sp³-hybridized carbons (Fsp3) is 0.733. The molecule has 5 nitrogen and oxygen atoms in total. The second-order valence-corrected chi connectivity index (χ2v) is 7.12. The van der Waals surface area contributed by atoms with Gasteiger partial charge in [-0.3, -0.25) is 15.0 Å². The first-order valence-electron chi connectivity index (χ1n) is 7.69. The average molecular weight is 311 g/mol. The minimum Gasteiger partial charge on any atom is -0.319 e. The molecule has 1 saturated heterocycles. The van der Waals surface area contributed by atoms with Crippen LogP contribution in [0.4, 0.5) is 5.00 Å². The van der Waals surface area contributed by atoms with Gasteiger partial charge < -0.3 is 5.32 Å². The van der Waals surface area contributed by atoms with Crippen molar-refractivity contribution in [3.63, 3.8) is 0 Å². The van der Waals surface area contributed by atoms with E-state index in [2.05, 4.69) is 24.1 Å². The normalized spacial score (nSPS) is 24.2. The van der Waals surface area contributed by atoms with Gasteiger partial charge in [0, 0.05) is 23.0 Å². The van der Waals surface area contributed by atoms with Crippen LogP contribution in [0.5, 0.6) is 0 Å². The Morgan fingerprint density at radius 2 is 2.24 bits per heavy atom. The maximum absolute atomic E-state index is 11.0. The molecule has 0 saturated carbocycles. The van der Waals surface area contributed by atoms with Crippen LogP contribution in [0.25, 0.3) is 0 Å². The summed E-state index contributed by atoms with van der Waals surface area (Å²) < 4.78 is 0. The zero-order valence-electron chi connectivity index (χ0n) is 13.0. The smallest absolute Gasteiger partial charge is 0.319 e. The molecule has 1 aromatic rings. The number of likely N-dealkylation sites (tertiary alicyclic amines) is 1. The topological polar surface area (TPSA) is 58.4 Å². The Kier molecular flexibility index (Phi) is 5.72. The molecule has 0 amide bonds. The Morgan fingerprint density at radius 3 is 2.81 bits per heavy atom. The summed E-state index contributed by atoms with van der Waals surface area (Å²) in [7, 11) is 1.98. The Bertz CT molecular complexity index is 475. The van der Waals surface area contributed by atoms with Gasteiger partial charge in [0.1, 0.15) is 0 Å². The summed E-state index contributed by atoms with van der Waals surface area (Å²) in [4.78, 5) is 14.4. The molecule has 118 valence electrons. The standard InChI is InChI=1S/C15H25N3O2S/c1-11(2)17-9-5-4-6-12(10-16-3)15(17)13-7-8-14(21-13)18(19)20/h7-8,11-12,15-16H,4-6,9-10H2,1-3H3. The molecule has 0 aliphatic carbocycles. The lowest BCUT2D eigenvalue weighted by atomic mass is 9.92. The molecule has 2 atom stereocenters. The van der Waals surface area contributed by atoms with E-state index in [-0.39, 0.29) is 9.92 Å². The van der Waals surface area contributed by atoms with Crippen molar-refractivity contribution in [2.24, 2.45) is 5.92 Å². The van der Waals surface area contributed by atoms with Gasteiger partial charge in [0.15, 0.2) is 0 Å². The third-order valence-electron chi connectivity index (χ3n) is 4.26. The van der Waals surface area contributed by atoms with Gasteiger partial charge in [-0.05, 0) is 58.8 Å². The van der Waals surface area contributed by atoms with Gasteiger partial charge in [0.2, 0.25) is 0 Å². The van der Waals surface area contributed by atoms with Crippen molar-refractivity contribution < 1.29 is 4.92 Å². The summed E-state index contributed by atoms with van der Waals surface area (Å²) in [6.45, 7) is 6.47. The van der Waals surface area contributed by atoms with Crippen LogP contribution in [0.15, 0.2) is 12.1 Å². The number of hydrogen-bond acceptors (Lipinski definition) is 5. The van der Waals surface area contributed by atoms with Crippen molar-refractivity contribution >= 4 is 16.3 Å². The Hall–Kier alpha value is -0.980. The van der Waals surface area contributed by atoms with Gasteiger partial charge >= 0.3 is 5.00 Å². The Balaban J connectivity index is 2.34. The third kappa shape index (κ3) is 3.81. The lowest BCUT2D eigenvalue weighted by Crippen LogP contribution is -2.40. The van der Waals surface area contributed by atoms with Crippen molar-refractivity contribution in [1.29, 1.82) is 0 Å². The highest BCUT2D eigenvalue weighted by molar-refractivity contribution is 7.15. The molecule has 6 heteroatoms. The van der Waals surface area contributed by atoms with Gasteiger partial charge in [0.25, 0.3) is 0 Å². The summed E-state index contributed by atoms with van der Waals surface area (Å²) in [5, 5.41) is 14.5. The number of nitrogens with one attached hydrogen (secondary N) is 1. The molecule has 1 aromatic heterocycles. The summed E-state index contributed by atoms with van der Waals surface area (Å²) in [6, 6.07) is 4.35. The highest BCUT2D eigenvalue weighted by Gasteiger charge is 2.33. The lowest BCUT2D eigenvalue weighted by Gasteiger charge is -2.37. The molecule has 21 heavy (non-hydrogen) atoms. The van der Waals surface area contributed by atoms with Crippen LogP contribution in [0.2, 0.25) is 0 Å². The molecule has 1 aliphatic rings. The first-order chi connectivity index (χ1) is 10.0. The lowest BCUT2D eigenvalue weighted by molar-refractivity contribution is -0.380. The molecule has 1 fully saturated rings. The number of nitrogens with zero attached hydrogens (tertiary/aromatic N) is 2. The monoisotopic (exact) mass is 311 g/mol. The Labute approximate surface area is 130 Å². The van der Waals surface area contributed by atoms with Crippen LogP contribution in [-0.2, 0) is 0 Å². The van der Waals surface area contributed by atoms with Crippen molar-refractivity contribution in [1.82, 2.24) is 10.2 Å². The number of hydrogen-bond donors (Lipinski definition) is 1. The van der Waals surface area contributed by atoms with Crippen LogP contribution in [-0.4, -0.2) is 36.0 Å². The number of rotatable bonds is 5. The molecular formula is C15H25N3O2S. The minimum atomic E-state index is -0.280. The van der Waals surface area contributed by atoms with E-state index < -0.39 is 0 Å². The quantitative estimate of drug-likeness (QED) is 0.668. The van der Waals surface area contributed by atoms with E-state index in [0.29, 0.717) is 18.0 Å². The van der Waals surface area contributed by atoms with Crippen LogP contribution >= 0.6 is 11.3 Å². The van der Waals surface area contributed by atoms with Crippen LogP contribution in [0.3, 0.4) is 0 Å². The largest absolute Gasteiger partial charge is 0.324 e. The van der Waals surface area contributed by atoms with Gasteiger partial charge in [-0.15, -0.1) is 0 Å². The fourth-order valence-electron chi connectivity index (χ4n) is 3.32. The highest BCUT2D eigenvalue weighted by Crippen LogP contribution is 2.40. The molecular weight excluding hydrogens is 286 g/mol. The summed E-state index contributed by atoms with van der Waals surface area (Å²) in [5.41, 5.74) is 0. The van der Waals surface area contributed by atoms with E-state index in [1.165, 1.54) is 30.6 Å². The number of nitro groups is 1. The third-order valence-corrected chi connectivity index (χ3v) is 5.37. The fourth-order valence-corrected chi connectivity index (χ4v) is 4.36. The van der Waals surface area contributed by atoms with Crippen LogP contribution in [0, 0.1) is 16.0 Å². The zero-order valence-corrected chi connectivity index (χ0v) is 13.9. The molecule has 1 N–H and O–H groups in total. The first-order valence-corrected chi connectivity index (χ1v) is 8.50. The number of thiophene rings is 1. The second kappa shape index (κ2) is 7.33. The molecule has 2 heterocycles. The average Bonchev–Trinajstić information content (AvgIpc) is 2.81. The molecule has 1 aliphatic heterocycles. The van der Waals surface area contributed by atoms with Crippen LogP contribution < -0.4 is 5.32 Å². The minimum absolute atomic E-state index is 0.251. The first kappa shape index (κ1) is 16.4. The summed E-state index contributed by atoms with van der Waals surface area (Å²) >= 11 is 1.34. The maximum Gasteiger partial charge on any atom is 0.324 e. The van der Waals surface area contributed by atoms with Crippen molar-refractivity contribution in [2.75, 3.05) is 20.1 Å². The van der Waals surface area contributed by atoms with Crippen molar-refractivity contribution in [2.45, 2.75) is 45.2 Å². The van der Waals surface area contributed by atoms with Gasteiger partial charge in [0.05, 0.1) is 4.92 Å². The molecule has 0 aromatic carbocycles. The molecule has 0 spiro atoms. The van der Waals surface area contributed by atoms with E-state index in [1.807, 2.05) is 13.1 Å². The van der Waals surface area contributed by atoms with Gasteiger partial charge in [-0.2, -0.15) is 0 Å². The van der Waals surface area contributed by atoms with E-state index in [4.69, 9.17) is 0 Å². The van der Waals surface area contributed by atoms with E-state index in [0.717, 1.165) is 18.0 Å². The van der Waals surface area contributed by atoms with Crippen LogP contribution in [0.1, 0.15) is 44.0 Å². The predicted molar refractivity (Wildman–Crippen MR) is 86.8 cm³/mol. The molecule has 0 radical (unpaired) electrons. The summed E-state index contributed by atoms with van der Waals surface area (Å²) in [5.74, 6) is 0.512. The predicted octanol–water partition coefficient (Wildman–Crippen LogP) is 3.43. The highest BCUT2D eigenvalue weighted by atomic mass is 32.1. The summed E-state index contributed by atoms with van der Waals surface area (Å²) in [6.07, 6.45) is 3.63. The molecule has 2 unspecified atom stereocenters. The zero-order chi connectivity index (χ0) is 15.4. The Morgan fingerprint density at radius 1 is 1.48 bits per heavy atom. The van der Waals surface area contributed by atoms with Gasteiger partial charge in [-0.25, -0.2) is 0 Å². The van der Waals surface area contributed by atoms with E-state index in [9.17, 15) is 10.1 Å². The van der Waals surface area contributed by atoms with Gasteiger partial charge in [-0.1, -0.05) is 17.8 Å². The van der Waals surface area contributed by atoms with E-state index in [1.54, 1.807) is 6.07 Å². The molecule has 2 rings (SSSR count).